The average molecular weight is 516 g/mol. The number of aromatic nitrogens is 4. The first-order valence-corrected chi connectivity index (χ1v) is 12.6. The van der Waals surface area contributed by atoms with Crippen LogP contribution in [0.2, 0.25) is 0 Å². The second kappa shape index (κ2) is 10.00. The number of para-hydroxylation sites is 1. The summed E-state index contributed by atoms with van der Waals surface area (Å²) in [6, 6.07) is 25.9. The largest absolute Gasteiger partial charge is 0.392 e. The highest BCUT2D eigenvalue weighted by Crippen LogP contribution is 2.30. The molecule has 3 N–H and O–H groups in total. The maximum atomic E-state index is 14.3. The first kappa shape index (κ1) is 24.3. The van der Waals surface area contributed by atoms with Crippen molar-refractivity contribution in [3.63, 3.8) is 0 Å². The molecule has 0 amide bonds. The molecular formula is C31H25N5O3. The van der Waals surface area contributed by atoms with Crippen LogP contribution in [-0.2, 0) is 6.61 Å². The van der Waals surface area contributed by atoms with Gasteiger partial charge in [-0.2, -0.15) is 0 Å². The van der Waals surface area contributed by atoms with Crippen LogP contribution in [0.4, 0.5) is 5.82 Å². The highest BCUT2D eigenvalue weighted by Gasteiger charge is 2.20. The average Bonchev–Trinajstić information content (AvgIpc) is 2.97. The van der Waals surface area contributed by atoms with Gasteiger partial charge in [0, 0.05) is 23.6 Å². The van der Waals surface area contributed by atoms with Gasteiger partial charge in [0.15, 0.2) is 5.43 Å². The molecule has 0 aliphatic heterocycles. The van der Waals surface area contributed by atoms with Crippen LogP contribution in [0.3, 0.4) is 0 Å². The Balaban J connectivity index is 1.56. The molecule has 8 nitrogen and oxygen atoms in total. The van der Waals surface area contributed by atoms with Crippen molar-refractivity contribution in [2.24, 2.45) is 0 Å². The molecule has 6 aromatic rings. The van der Waals surface area contributed by atoms with E-state index in [-0.39, 0.29) is 17.6 Å². The fraction of sp³-hybridized carbons (Fsp3) is 0.0968. The molecule has 8 heteroatoms. The number of pyridine rings is 2. The summed E-state index contributed by atoms with van der Waals surface area (Å²) in [5, 5.41) is 14.5. The summed E-state index contributed by atoms with van der Waals surface area (Å²) in [6.07, 6.45) is 2.95. The van der Waals surface area contributed by atoms with Crippen LogP contribution in [0.5, 0.6) is 0 Å². The first-order chi connectivity index (χ1) is 19.0. The number of anilines is 1. The van der Waals surface area contributed by atoms with Crippen molar-refractivity contribution in [1.82, 2.24) is 19.5 Å². The summed E-state index contributed by atoms with van der Waals surface area (Å²) in [4.78, 5) is 38.4. The lowest BCUT2D eigenvalue weighted by molar-refractivity contribution is 0.282. The van der Waals surface area contributed by atoms with Crippen molar-refractivity contribution < 1.29 is 5.11 Å². The molecule has 0 fully saturated rings. The summed E-state index contributed by atoms with van der Waals surface area (Å²) in [7, 11) is 0. The molecule has 0 radical (unpaired) electrons. The van der Waals surface area contributed by atoms with Crippen LogP contribution in [-0.4, -0.2) is 24.6 Å². The third kappa shape index (κ3) is 4.36. The lowest BCUT2D eigenvalue weighted by atomic mass is 9.97. The molecule has 0 bridgehead atoms. The predicted molar refractivity (Wildman–Crippen MR) is 153 cm³/mol. The minimum atomic E-state index is -0.396. The van der Waals surface area contributed by atoms with E-state index >= 15 is 0 Å². The number of H-pyrrole nitrogens is 1. The molecule has 0 aliphatic carbocycles. The topological polar surface area (TPSA) is 113 Å². The van der Waals surface area contributed by atoms with Crippen molar-refractivity contribution in [1.29, 1.82) is 0 Å². The molecule has 6 rings (SSSR count). The number of aromatic amines is 1. The second-order valence-corrected chi connectivity index (χ2v) is 9.32. The van der Waals surface area contributed by atoms with Gasteiger partial charge in [0.2, 0.25) is 0 Å². The number of aliphatic hydroxyl groups is 1. The van der Waals surface area contributed by atoms with Crippen LogP contribution in [0, 0.1) is 0 Å². The number of benzene rings is 3. The fourth-order valence-electron chi connectivity index (χ4n) is 4.97. The van der Waals surface area contributed by atoms with Crippen LogP contribution >= 0.6 is 0 Å². The Morgan fingerprint density at radius 2 is 1.72 bits per heavy atom. The monoisotopic (exact) mass is 515 g/mol. The summed E-state index contributed by atoms with van der Waals surface area (Å²) >= 11 is 0. The van der Waals surface area contributed by atoms with E-state index in [2.05, 4.69) is 20.3 Å². The van der Waals surface area contributed by atoms with E-state index in [4.69, 9.17) is 0 Å². The first-order valence-electron chi connectivity index (χ1n) is 12.6. The molecule has 39 heavy (non-hydrogen) atoms. The van der Waals surface area contributed by atoms with Crippen molar-refractivity contribution in [3.05, 3.63) is 129 Å². The van der Waals surface area contributed by atoms with Crippen molar-refractivity contribution in [3.8, 4) is 16.8 Å². The molecule has 3 aromatic heterocycles. The Morgan fingerprint density at radius 3 is 2.49 bits per heavy atom. The van der Waals surface area contributed by atoms with Gasteiger partial charge in [-0.05, 0) is 47.2 Å². The van der Waals surface area contributed by atoms with Gasteiger partial charge in [-0.15, -0.1) is 0 Å². The van der Waals surface area contributed by atoms with Crippen LogP contribution in [0.25, 0.3) is 38.6 Å². The molecule has 0 saturated heterocycles. The Bertz CT molecular complexity index is 1920. The molecule has 0 saturated carbocycles. The van der Waals surface area contributed by atoms with Crippen molar-refractivity contribution in [2.75, 3.05) is 5.32 Å². The number of fused-ring (bicyclic) bond motifs is 2. The van der Waals surface area contributed by atoms with Gasteiger partial charge in [-0.1, -0.05) is 60.7 Å². The number of nitrogens with zero attached hydrogens (tertiary/aromatic N) is 3. The Kier molecular flexibility index (Phi) is 6.22. The minimum Gasteiger partial charge on any atom is -0.392 e. The standard InChI is InChI=1S/C31H25N5O3/c1-19(35-30-28-26(38)14-15-32-29(28)33-18-34-30)25-16-22-6-5-9-24(21-12-10-20(17-37)11-13-21)27(22)31(39)36(25)23-7-3-2-4-8-23/h2-16,18-19,37H,17H2,1H3,(H2,32,33,34,35,38)/t19-/m0/s1. The Labute approximate surface area is 223 Å². The van der Waals surface area contributed by atoms with Crippen LogP contribution in [0.15, 0.2) is 107 Å². The van der Waals surface area contributed by atoms with Crippen molar-refractivity contribution in [2.45, 2.75) is 19.6 Å². The number of hydrogen-bond donors (Lipinski definition) is 3. The molecule has 1 atom stereocenters. The normalized spacial score (nSPS) is 12.1. The van der Waals surface area contributed by atoms with Crippen LogP contribution < -0.4 is 16.3 Å². The summed E-state index contributed by atoms with van der Waals surface area (Å²) in [6.45, 7) is 1.89. The van der Waals surface area contributed by atoms with E-state index in [1.807, 2.05) is 85.8 Å². The van der Waals surface area contributed by atoms with E-state index < -0.39 is 6.04 Å². The van der Waals surface area contributed by atoms with Gasteiger partial charge in [-0.25, -0.2) is 9.97 Å². The van der Waals surface area contributed by atoms with Crippen LogP contribution in [0.1, 0.15) is 24.2 Å². The number of aliphatic hydroxyl groups excluding tert-OH is 1. The molecule has 0 aliphatic rings. The highest BCUT2D eigenvalue weighted by atomic mass is 16.3. The third-order valence-electron chi connectivity index (χ3n) is 6.88. The summed E-state index contributed by atoms with van der Waals surface area (Å²) in [5.41, 5.74) is 4.02. The summed E-state index contributed by atoms with van der Waals surface area (Å²) in [5.74, 6) is 0.388. The highest BCUT2D eigenvalue weighted by molar-refractivity contribution is 5.96. The van der Waals surface area contributed by atoms with E-state index in [0.717, 1.165) is 27.8 Å². The fourth-order valence-corrected chi connectivity index (χ4v) is 4.97. The maximum absolute atomic E-state index is 14.3. The lowest BCUT2D eigenvalue weighted by Gasteiger charge is -2.22. The van der Waals surface area contributed by atoms with E-state index in [1.54, 1.807) is 10.8 Å². The van der Waals surface area contributed by atoms with Gasteiger partial charge in [0.05, 0.1) is 18.0 Å². The zero-order chi connectivity index (χ0) is 26.9. The number of hydrogen-bond acceptors (Lipinski definition) is 6. The van der Waals surface area contributed by atoms with Crippen molar-refractivity contribution >= 4 is 27.6 Å². The van der Waals surface area contributed by atoms with E-state index in [1.165, 1.54) is 12.4 Å². The van der Waals surface area contributed by atoms with Gasteiger partial charge < -0.3 is 15.4 Å². The molecule has 3 heterocycles. The van der Waals surface area contributed by atoms with E-state index in [9.17, 15) is 14.7 Å². The molecule has 0 unspecified atom stereocenters. The molecule has 3 aromatic carbocycles. The predicted octanol–water partition coefficient (Wildman–Crippen LogP) is 4.95. The Hall–Kier alpha value is -5.08. The SMILES string of the molecule is C[C@H](Nc1ncnc2[nH]ccc(=O)c12)c1cc2cccc(-c3ccc(CO)cc3)c2c(=O)n1-c1ccccc1. The van der Waals surface area contributed by atoms with Gasteiger partial charge >= 0.3 is 0 Å². The minimum absolute atomic E-state index is 0.0433. The molecule has 0 spiro atoms. The zero-order valence-electron chi connectivity index (χ0n) is 21.1. The van der Waals surface area contributed by atoms with E-state index in [0.29, 0.717) is 27.9 Å². The maximum Gasteiger partial charge on any atom is 0.263 e. The molecule has 192 valence electrons. The lowest BCUT2D eigenvalue weighted by Crippen LogP contribution is -2.26. The quantitative estimate of drug-likeness (QED) is 0.289. The van der Waals surface area contributed by atoms with Gasteiger partial charge in [0.25, 0.3) is 5.56 Å². The Morgan fingerprint density at radius 1 is 0.923 bits per heavy atom. The third-order valence-corrected chi connectivity index (χ3v) is 6.88. The molecular weight excluding hydrogens is 490 g/mol. The number of rotatable bonds is 6. The van der Waals surface area contributed by atoms with Gasteiger partial charge in [-0.3, -0.25) is 14.2 Å². The summed E-state index contributed by atoms with van der Waals surface area (Å²) < 4.78 is 1.71. The zero-order valence-corrected chi connectivity index (χ0v) is 21.1. The van der Waals surface area contributed by atoms with Gasteiger partial charge in [0.1, 0.15) is 23.2 Å². The number of nitrogens with one attached hydrogen (secondary N) is 2. The second-order valence-electron chi connectivity index (χ2n) is 9.32. The smallest absolute Gasteiger partial charge is 0.263 e.